The van der Waals surface area contributed by atoms with Crippen molar-refractivity contribution in [3.05, 3.63) is 11.7 Å². The summed E-state index contributed by atoms with van der Waals surface area (Å²) in [6.07, 6.45) is 0.472. The van der Waals surface area contributed by atoms with Gasteiger partial charge in [-0.2, -0.15) is 4.98 Å². The van der Waals surface area contributed by atoms with Gasteiger partial charge < -0.3 is 19.4 Å². The van der Waals surface area contributed by atoms with Crippen LogP contribution >= 0.6 is 0 Å². The first-order valence-corrected chi connectivity index (χ1v) is 6.32. The van der Waals surface area contributed by atoms with Gasteiger partial charge in [-0.05, 0) is 21.0 Å². The molecule has 0 saturated carbocycles. The van der Waals surface area contributed by atoms with E-state index >= 15 is 0 Å². The molecule has 112 valence electrons. The number of carbonyl (C=O) groups excluding carboxylic acids is 1. The van der Waals surface area contributed by atoms with Crippen LogP contribution in [0.25, 0.3) is 0 Å². The van der Waals surface area contributed by atoms with E-state index in [1.54, 1.807) is 6.92 Å². The highest BCUT2D eigenvalue weighted by Crippen LogP contribution is 2.03. The second-order valence-electron chi connectivity index (χ2n) is 4.75. The molecule has 20 heavy (non-hydrogen) atoms. The predicted octanol–water partition coefficient (Wildman–Crippen LogP) is -0.215. The number of aryl methyl sites for hydroxylation is 2. The van der Waals surface area contributed by atoms with Crippen LogP contribution in [0.2, 0.25) is 0 Å². The molecule has 0 saturated heterocycles. The number of carboxylic acid groups (broad SMARTS) is 1. The van der Waals surface area contributed by atoms with Crippen LogP contribution < -0.4 is 0 Å². The van der Waals surface area contributed by atoms with Crippen molar-refractivity contribution >= 4 is 11.9 Å². The van der Waals surface area contributed by atoms with Gasteiger partial charge in [-0.15, -0.1) is 0 Å². The number of aromatic nitrogens is 2. The van der Waals surface area contributed by atoms with Gasteiger partial charge in [-0.25, -0.2) is 0 Å². The van der Waals surface area contributed by atoms with Crippen LogP contribution in [0.4, 0.5) is 0 Å². The van der Waals surface area contributed by atoms with E-state index in [-0.39, 0.29) is 18.9 Å². The molecular weight excluding hydrogens is 264 g/mol. The number of carbonyl (C=O) groups is 2. The number of rotatable bonds is 8. The minimum atomic E-state index is -1.02. The normalized spacial score (nSPS) is 10.8. The molecule has 0 aromatic carbocycles. The highest BCUT2D eigenvalue weighted by molar-refractivity contribution is 5.81. The number of amides is 1. The summed E-state index contributed by atoms with van der Waals surface area (Å²) in [6, 6.07) is 0. The highest BCUT2D eigenvalue weighted by Gasteiger charge is 2.17. The van der Waals surface area contributed by atoms with Gasteiger partial charge >= 0.3 is 5.97 Å². The van der Waals surface area contributed by atoms with Crippen LogP contribution in [0.15, 0.2) is 4.52 Å². The Morgan fingerprint density at radius 1 is 1.30 bits per heavy atom. The van der Waals surface area contributed by atoms with Gasteiger partial charge in [0.2, 0.25) is 11.8 Å². The quantitative estimate of drug-likeness (QED) is 0.704. The average Bonchev–Trinajstić information content (AvgIpc) is 2.76. The van der Waals surface area contributed by atoms with Gasteiger partial charge in [0.15, 0.2) is 5.82 Å². The molecule has 1 aromatic rings. The van der Waals surface area contributed by atoms with Gasteiger partial charge in [0.05, 0.1) is 0 Å². The molecule has 1 rings (SSSR count). The molecule has 0 bridgehead atoms. The fraction of sp³-hybridized carbons (Fsp3) is 0.667. The number of hydrogen-bond donors (Lipinski definition) is 1. The first-order valence-electron chi connectivity index (χ1n) is 6.32. The van der Waals surface area contributed by atoms with Gasteiger partial charge in [0.1, 0.15) is 6.54 Å². The number of aliphatic carboxylic acids is 1. The number of hydrogen-bond acceptors (Lipinski definition) is 6. The summed E-state index contributed by atoms with van der Waals surface area (Å²) in [5, 5.41) is 12.5. The average molecular weight is 284 g/mol. The van der Waals surface area contributed by atoms with E-state index in [0.717, 1.165) is 0 Å². The van der Waals surface area contributed by atoms with E-state index in [2.05, 4.69) is 10.1 Å². The topological polar surface area (TPSA) is 99.8 Å². The van der Waals surface area contributed by atoms with Crippen molar-refractivity contribution < 1.29 is 19.2 Å². The van der Waals surface area contributed by atoms with Crippen LogP contribution in [0.5, 0.6) is 0 Å². The maximum Gasteiger partial charge on any atom is 0.323 e. The third-order valence-electron chi connectivity index (χ3n) is 2.62. The van der Waals surface area contributed by atoms with E-state index in [1.165, 1.54) is 4.90 Å². The Bertz CT molecular complexity index is 458. The van der Waals surface area contributed by atoms with Crippen LogP contribution in [-0.2, 0) is 16.0 Å². The van der Waals surface area contributed by atoms with E-state index < -0.39 is 5.97 Å². The zero-order valence-electron chi connectivity index (χ0n) is 12.0. The van der Waals surface area contributed by atoms with Crippen molar-refractivity contribution in [3.63, 3.8) is 0 Å². The molecule has 0 aliphatic carbocycles. The summed E-state index contributed by atoms with van der Waals surface area (Å²) < 4.78 is 4.92. The largest absolute Gasteiger partial charge is 0.480 e. The molecule has 8 nitrogen and oxygen atoms in total. The smallest absolute Gasteiger partial charge is 0.323 e. The second kappa shape index (κ2) is 7.59. The molecule has 0 unspecified atom stereocenters. The molecule has 0 fully saturated rings. The maximum absolute atomic E-state index is 12.0. The molecule has 0 atom stereocenters. The standard InChI is InChI=1S/C12H20N4O4/c1-9-13-10(20-14-9)4-5-11(17)16(8-12(18)19)7-6-15(2)3/h4-8H2,1-3H3,(H,18,19). The zero-order valence-corrected chi connectivity index (χ0v) is 12.0. The molecule has 0 aliphatic rings. The molecule has 1 aromatic heterocycles. The SMILES string of the molecule is Cc1noc(CCC(=O)N(CCN(C)C)CC(=O)O)n1. The minimum absolute atomic E-state index is 0.155. The van der Waals surface area contributed by atoms with Crippen molar-refractivity contribution in [2.24, 2.45) is 0 Å². The van der Waals surface area contributed by atoms with Crippen molar-refractivity contribution in [1.82, 2.24) is 19.9 Å². The molecule has 1 heterocycles. The van der Waals surface area contributed by atoms with Crippen molar-refractivity contribution in [1.29, 1.82) is 0 Å². The van der Waals surface area contributed by atoms with Crippen LogP contribution in [-0.4, -0.2) is 70.7 Å². The molecule has 1 N–H and O–H groups in total. The van der Waals surface area contributed by atoms with Crippen LogP contribution in [0.3, 0.4) is 0 Å². The highest BCUT2D eigenvalue weighted by atomic mass is 16.5. The van der Waals surface area contributed by atoms with E-state index in [0.29, 0.717) is 31.2 Å². The van der Waals surface area contributed by atoms with Gasteiger partial charge in [0, 0.05) is 25.9 Å². The predicted molar refractivity (Wildman–Crippen MR) is 70.1 cm³/mol. The summed E-state index contributed by atoms with van der Waals surface area (Å²) in [5.41, 5.74) is 0. The number of likely N-dealkylation sites (N-methyl/N-ethyl adjacent to an activating group) is 1. The Balaban J connectivity index is 2.51. The van der Waals surface area contributed by atoms with E-state index in [4.69, 9.17) is 9.63 Å². The molecule has 8 heteroatoms. The summed E-state index contributed by atoms with van der Waals surface area (Å²) in [4.78, 5) is 30.0. The third kappa shape index (κ3) is 5.79. The lowest BCUT2D eigenvalue weighted by molar-refractivity contribution is -0.144. The second-order valence-corrected chi connectivity index (χ2v) is 4.75. The van der Waals surface area contributed by atoms with Crippen molar-refractivity contribution in [3.8, 4) is 0 Å². The Kier molecular flexibility index (Phi) is 6.10. The van der Waals surface area contributed by atoms with E-state index in [9.17, 15) is 9.59 Å². The zero-order chi connectivity index (χ0) is 15.1. The lowest BCUT2D eigenvalue weighted by Gasteiger charge is -2.22. The molecule has 0 aliphatic heterocycles. The lowest BCUT2D eigenvalue weighted by Crippen LogP contribution is -2.40. The monoisotopic (exact) mass is 284 g/mol. The minimum Gasteiger partial charge on any atom is -0.480 e. The third-order valence-corrected chi connectivity index (χ3v) is 2.62. The summed E-state index contributed by atoms with van der Waals surface area (Å²) in [7, 11) is 3.73. The van der Waals surface area contributed by atoms with Gasteiger partial charge in [0.25, 0.3) is 0 Å². The summed E-state index contributed by atoms with van der Waals surface area (Å²) in [6.45, 7) is 2.39. The molecular formula is C12H20N4O4. The van der Waals surface area contributed by atoms with Crippen LogP contribution in [0, 0.1) is 6.92 Å². The maximum atomic E-state index is 12.0. The van der Waals surface area contributed by atoms with E-state index in [1.807, 2.05) is 19.0 Å². The van der Waals surface area contributed by atoms with Crippen LogP contribution in [0.1, 0.15) is 18.1 Å². The number of nitrogens with zero attached hydrogens (tertiary/aromatic N) is 4. The molecule has 0 radical (unpaired) electrons. The Morgan fingerprint density at radius 2 is 2.00 bits per heavy atom. The van der Waals surface area contributed by atoms with Crippen molar-refractivity contribution in [2.75, 3.05) is 33.7 Å². The fourth-order valence-electron chi connectivity index (χ4n) is 1.59. The molecule has 0 spiro atoms. The number of carboxylic acids is 1. The van der Waals surface area contributed by atoms with Gasteiger partial charge in [-0.1, -0.05) is 5.16 Å². The fourth-order valence-corrected chi connectivity index (χ4v) is 1.59. The summed E-state index contributed by atoms with van der Waals surface area (Å²) >= 11 is 0. The first kappa shape index (κ1) is 16.1. The Labute approximate surface area is 117 Å². The Morgan fingerprint density at radius 3 is 2.50 bits per heavy atom. The summed E-state index contributed by atoms with van der Waals surface area (Å²) in [5.74, 6) is -0.350. The molecule has 1 amide bonds. The Hall–Kier alpha value is -1.96. The first-order chi connectivity index (χ1) is 9.38. The van der Waals surface area contributed by atoms with Gasteiger partial charge in [-0.3, -0.25) is 9.59 Å². The lowest BCUT2D eigenvalue weighted by atomic mass is 10.2. The van der Waals surface area contributed by atoms with Crippen molar-refractivity contribution in [2.45, 2.75) is 19.8 Å².